The average Bonchev–Trinajstić information content (AvgIpc) is 3.02. The number of nitrogens with zero attached hydrogens (tertiary/aromatic N) is 4. The van der Waals surface area contributed by atoms with Crippen LogP contribution in [0, 0.1) is 26.7 Å². The van der Waals surface area contributed by atoms with Crippen molar-refractivity contribution in [1.82, 2.24) is 20.0 Å². The quantitative estimate of drug-likeness (QED) is 0.775. The molecule has 0 unspecified atom stereocenters. The molecule has 2 fully saturated rings. The van der Waals surface area contributed by atoms with E-state index in [0.29, 0.717) is 30.0 Å². The van der Waals surface area contributed by atoms with Gasteiger partial charge >= 0.3 is 0 Å². The summed E-state index contributed by atoms with van der Waals surface area (Å²) >= 11 is 0. The van der Waals surface area contributed by atoms with Crippen molar-refractivity contribution < 1.29 is 9.21 Å². The third-order valence-electron chi connectivity index (χ3n) is 6.52. The molecule has 156 valence electrons. The maximum atomic E-state index is 12.7. The van der Waals surface area contributed by atoms with E-state index in [1.165, 1.54) is 28.7 Å². The van der Waals surface area contributed by atoms with Crippen LogP contribution in [-0.2, 0) is 17.8 Å². The number of hydrogen-bond donors (Lipinski definition) is 0. The monoisotopic (exact) mass is 396 g/mol. The summed E-state index contributed by atoms with van der Waals surface area (Å²) in [5, 5.41) is 8.10. The molecule has 1 saturated heterocycles. The highest BCUT2D eigenvalue weighted by Crippen LogP contribution is 2.30. The van der Waals surface area contributed by atoms with Gasteiger partial charge < -0.3 is 9.32 Å². The molecule has 2 aromatic rings. The summed E-state index contributed by atoms with van der Waals surface area (Å²) in [7, 11) is 0. The van der Waals surface area contributed by atoms with Crippen LogP contribution >= 0.6 is 0 Å². The van der Waals surface area contributed by atoms with Crippen molar-refractivity contribution in [2.45, 2.75) is 66.0 Å². The van der Waals surface area contributed by atoms with E-state index in [1.54, 1.807) is 0 Å². The second kappa shape index (κ2) is 8.27. The molecule has 2 heterocycles. The fourth-order valence-corrected chi connectivity index (χ4v) is 4.57. The number of hydrogen-bond acceptors (Lipinski definition) is 5. The molecule has 1 aromatic heterocycles. The van der Waals surface area contributed by atoms with Gasteiger partial charge in [-0.3, -0.25) is 9.69 Å². The molecule has 4 rings (SSSR count). The molecule has 1 amide bonds. The van der Waals surface area contributed by atoms with E-state index < -0.39 is 0 Å². The molecule has 1 aliphatic carbocycles. The van der Waals surface area contributed by atoms with Gasteiger partial charge in [0, 0.05) is 45.1 Å². The number of carbonyl (C=O) groups excluding carboxylic acids is 1. The van der Waals surface area contributed by atoms with Gasteiger partial charge in [-0.2, -0.15) is 0 Å². The van der Waals surface area contributed by atoms with Crippen LogP contribution in [0.5, 0.6) is 0 Å². The van der Waals surface area contributed by atoms with Gasteiger partial charge in [0.2, 0.25) is 17.7 Å². The number of aromatic nitrogens is 2. The highest BCUT2D eigenvalue weighted by molar-refractivity contribution is 5.80. The zero-order chi connectivity index (χ0) is 20.5. The molecular formula is C23H32N4O2. The highest BCUT2D eigenvalue weighted by Gasteiger charge is 2.34. The van der Waals surface area contributed by atoms with Crippen LogP contribution in [0.4, 0.5) is 0 Å². The minimum Gasteiger partial charge on any atom is -0.425 e. The normalized spacial score (nSPS) is 20.7. The van der Waals surface area contributed by atoms with E-state index in [1.807, 2.05) is 6.92 Å². The second-order valence-corrected chi connectivity index (χ2v) is 8.84. The van der Waals surface area contributed by atoms with Crippen LogP contribution in [0.3, 0.4) is 0 Å². The van der Waals surface area contributed by atoms with Gasteiger partial charge in [0.25, 0.3) is 0 Å². The first-order valence-electron chi connectivity index (χ1n) is 10.8. The summed E-state index contributed by atoms with van der Waals surface area (Å²) in [4.78, 5) is 17.3. The number of carbonyl (C=O) groups is 1. The largest absolute Gasteiger partial charge is 0.425 e. The third kappa shape index (κ3) is 4.37. The lowest BCUT2D eigenvalue weighted by Gasteiger charge is -2.42. The number of amides is 1. The van der Waals surface area contributed by atoms with Crippen LogP contribution in [0.15, 0.2) is 16.5 Å². The Morgan fingerprint density at radius 3 is 2.52 bits per heavy atom. The molecule has 2 aliphatic rings. The van der Waals surface area contributed by atoms with Gasteiger partial charge in [-0.15, -0.1) is 10.2 Å². The van der Waals surface area contributed by atoms with Crippen molar-refractivity contribution >= 4 is 5.91 Å². The summed E-state index contributed by atoms with van der Waals surface area (Å²) < 4.78 is 5.58. The van der Waals surface area contributed by atoms with Gasteiger partial charge in [-0.1, -0.05) is 24.1 Å². The van der Waals surface area contributed by atoms with Gasteiger partial charge in [-0.05, 0) is 50.3 Å². The van der Waals surface area contributed by atoms with E-state index in [9.17, 15) is 4.79 Å². The van der Waals surface area contributed by atoms with E-state index in [4.69, 9.17) is 4.42 Å². The van der Waals surface area contributed by atoms with Gasteiger partial charge in [-0.25, -0.2) is 0 Å². The van der Waals surface area contributed by atoms with E-state index in [2.05, 4.69) is 52.9 Å². The summed E-state index contributed by atoms with van der Waals surface area (Å²) in [5.74, 6) is 1.94. The Hall–Kier alpha value is -2.21. The number of aryl methyl sites for hydroxylation is 2. The molecule has 0 N–H and O–H groups in total. The minimum absolute atomic E-state index is 0.280. The molecule has 29 heavy (non-hydrogen) atoms. The van der Waals surface area contributed by atoms with E-state index in [-0.39, 0.29) is 6.04 Å². The lowest BCUT2D eigenvalue weighted by molar-refractivity contribution is -0.142. The standard InChI is InChI=1S/C23H32N4O2/c1-15-10-20(12-22-25-24-18(4)29-22)17(3)21(11-15)14-26-8-9-27(16(2)13-26)23(28)19-6-5-7-19/h10-11,16,19H,5-9,12-14H2,1-4H3/t16-/m0/s1. The number of piperazine rings is 1. The van der Waals surface area contributed by atoms with Crippen LogP contribution in [0.1, 0.15) is 60.2 Å². The van der Waals surface area contributed by atoms with Crippen molar-refractivity contribution in [2.75, 3.05) is 19.6 Å². The van der Waals surface area contributed by atoms with Gasteiger partial charge in [0.05, 0.1) is 6.42 Å². The fraction of sp³-hybridized carbons (Fsp3) is 0.609. The van der Waals surface area contributed by atoms with Crippen molar-refractivity contribution in [3.8, 4) is 0 Å². The van der Waals surface area contributed by atoms with Crippen LogP contribution < -0.4 is 0 Å². The molecule has 0 spiro atoms. The summed E-state index contributed by atoms with van der Waals surface area (Å²) in [5.41, 5.74) is 5.15. The maximum absolute atomic E-state index is 12.7. The first-order chi connectivity index (χ1) is 13.9. The molecule has 1 aromatic carbocycles. The van der Waals surface area contributed by atoms with Crippen molar-refractivity contribution in [3.63, 3.8) is 0 Å². The fourth-order valence-electron chi connectivity index (χ4n) is 4.57. The Morgan fingerprint density at radius 1 is 1.14 bits per heavy atom. The van der Waals surface area contributed by atoms with E-state index in [0.717, 1.165) is 39.0 Å². The minimum atomic E-state index is 0.280. The molecule has 0 radical (unpaired) electrons. The predicted octanol–water partition coefficient (Wildman–Crippen LogP) is 3.42. The van der Waals surface area contributed by atoms with Crippen molar-refractivity contribution in [2.24, 2.45) is 5.92 Å². The van der Waals surface area contributed by atoms with E-state index >= 15 is 0 Å². The van der Waals surface area contributed by atoms with Crippen molar-refractivity contribution in [3.05, 3.63) is 46.2 Å². The molecule has 6 heteroatoms. The topological polar surface area (TPSA) is 62.5 Å². The zero-order valence-electron chi connectivity index (χ0n) is 18.1. The molecule has 0 bridgehead atoms. The average molecular weight is 397 g/mol. The predicted molar refractivity (Wildman–Crippen MR) is 112 cm³/mol. The zero-order valence-corrected chi connectivity index (χ0v) is 18.1. The molecule has 6 nitrogen and oxygen atoms in total. The Kier molecular flexibility index (Phi) is 5.72. The number of benzene rings is 1. The first-order valence-corrected chi connectivity index (χ1v) is 10.8. The summed E-state index contributed by atoms with van der Waals surface area (Å²) in [6.07, 6.45) is 4.04. The second-order valence-electron chi connectivity index (χ2n) is 8.84. The molecular weight excluding hydrogens is 364 g/mol. The Bertz CT molecular complexity index is 887. The Labute approximate surface area is 173 Å². The highest BCUT2D eigenvalue weighted by atomic mass is 16.4. The SMILES string of the molecule is Cc1cc(Cc2nnc(C)o2)c(C)c(CN2CCN(C(=O)C3CCC3)[C@@H](C)C2)c1. The Balaban J connectivity index is 1.43. The Morgan fingerprint density at radius 2 is 1.90 bits per heavy atom. The van der Waals surface area contributed by atoms with Gasteiger partial charge in [0.15, 0.2) is 0 Å². The summed E-state index contributed by atoms with van der Waals surface area (Å²) in [6, 6.07) is 4.79. The molecule has 1 atom stereocenters. The third-order valence-corrected chi connectivity index (χ3v) is 6.52. The maximum Gasteiger partial charge on any atom is 0.226 e. The lowest BCUT2D eigenvalue weighted by Crippen LogP contribution is -2.55. The summed E-state index contributed by atoms with van der Waals surface area (Å²) in [6.45, 7) is 12.0. The van der Waals surface area contributed by atoms with Crippen molar-refractivity contribution in [1.29, 1.82) is 0 Å². The van der Waals surface area contributed by atoms with Crippen LogP contribution in [-0.4, -0.2) is 51.6 Å². The number of rotatable bonds is 5. The lowest BCUT2D eigenvalue weighted by atomic mass is 9.84. The van der Waals surface area contributed by atoms with Crippen LogP contribution in [0.25, 0.3) is 0 Å². The smallest absolute Gasteiger partial charge is 0.226 e. The molecule has 1 aliphatic heterocycles. The molecule has 1 saturated carbocycles. The first kappa shape index (κ1) is 20.1. The van der Waals surface area contributed by atoms with Gasteiger partial charge in [0.1, 0.15) is 0 Å². The van der Waals surface area contributed by atoms with Crippen LogP contribution in [0.2, 0.25) is 0 Å².